The van der Waals surface area contributed by atoms with Gasteiger partial charge >= 0.3 is 6.18 Å². The minimum Gasteiger partial charge on any atom is -0.468 e. The van der Waals surface area contributed by atoms with Crippen LogP contribution in [0.25, 0.3) is 0 Å². The van der Waals surface area contributed by atoms with Crippen molar-refractivity contribution in [1.82, 2.24) is 10.3 Å². The maximum Gasteiger partial charge on any atom is 0.422 e. The molecule has 2 N–H and O–H groups in total. The van der Waals surface area contributed by atoms with Gasteiger partial charge in [0.05, 0.1) is 17.8 Å². The van der Waals surface area contributed by atoms with Gasteiger partial charge in [-0.05, 0) is 30.2 Å². The summed E-state index contributed by atoms with van der Waals surface area (Å²) in [6.45, 7) is 0.176. The molecule has 2 unspecified atom stereocenters. The third-order valence-electron chi connectivity index (χ3n) is 5.04. The zero-order valence-electron chi connectivity index (χ0n) is 15.5. The van der Waals surface area contributed by atoms with Gasteiger partial charge in [-0.2, -0.15) is 13.2 Å². The van der Waals surface area contributed by atoms with Crippen molar-refractivity contribution < 1.29 is 27.4 Å². The summed E-state index contributed by atoms with van der Waals surface area (Å²) in [6, 6.07) is 10.6. The molecule has 0 radical (unpaired) electrons. The van der Waals surface area contributed by atoms with E-state index in [4.69, 9.17) is 4.74 Å². The van der Waals surface area contributed by atoms with E-state index in [-0.39, 0.29) is 17.0 Å². The summed E-state index contributed by atoms with van der Waals surface area (Å²) in [6.07, 6.45) is -1.44. The second-order valence-electron chi connectivity index (χ2n) is 7.39. The second kappa shape index (κ2) is 7.64. The van der Waals surface area contributed by atoms with Crippen LogP contribution in [0.3, 0.4) is 0 Å². The standard InChI is InChI=1S/C20H20F3N3O3/c21-20(22,23)12-28-17-6-3-14(9-24-17)18(27)26-15-4-1-13(2-5-15)7-19-8-16(10-29-19)25-11-19/h1-6,9,16,25H,7-8,10-12H2,(H,26,27). The van der Waals surface area contributed by atoms with Crippen LogP contribution in [-0.2, 0) is 11.2 Å². The summed E-state index contributed by atoms with van der Waals surface area (Å²) >= 11 is 0. The zero-order chi connectivity index (χ0) is 20.5. The number of ether oxygens (including phenoxy) is 2. The van der Waals surface area contributed by atoms with Crippen molar-refractivity contribution in [2.24, 2.45) is 0 Å². The maximum atomic E-state index is 12.3. The number of hydrogen-bond donors (Lipinski definition) is 2. The lowest BCUT2D eigenvalue weighted by Gasteiger charge is -2.26. The van der Waals surface area contributed by atoms with Crippen molar-refractivity contribution >= 4 is 11.6 Å². The number of carbonyl (C=O) groups is 1. The smallest absolute Gasteiger partial charge is 0.422 e. The number of fused-ring (bicyclic) bond motifs is 2. The Morgan fingerprint density at radius 3 is 2.62 bits per heavy atom. The number of morpholine rings is 1. The summed E-state index contributed by atoms with van der Waals surface area (Å²) in [5, 5.41) is 6.18. The van der Waals surface area contributed by atoms with E-state index in [9.17, 15) is 18.0 Å². The average Bonchev–Trinajstić information content (AvgIpc) is 3.28. The first-order chi connectivity index (χ1) is 13.8. The molecule has 2 aromatic rings. The molecule has 0 saturated carbocycles. The second-order valence-corrected chi connectivity index (χ2v) is 7.39. The van der Waals surface area contributed by atoms with E-state index in [1.165, 1.54) is 18.3 Å². The van der Waals surface area contributed by atoms with Gasteiger partial charge in [-0.1, -0.05) is 12.1 Å². The zero-order valence-corrected chi connectivity index (χ0v) is 15.5. The summed E-state index contributed by atoms with van der Waals surface area (Å²) in [4.78, 5) is 16.0. The Bertz CT molecular complexity index is 861. The highest BCUT2D eigenvalue weighted by atomic mass is 19.4. The molecule has 1 aromatic carbocycles. The van der Waals surface area contributed by atoms with E-state index in [0.29, 0.717) is 11.7 Å². The van der Waals surface area contributed by atoms with Gasteiger partial charge < -0.3 is 20.1 Å². The molecule has 0 spiro atoms. The van der Waals surface area contributed by atoms with Crippen molar-refractivity contribution in [3.8, 4) is 5.88 Å². The van der Waals surface area contributed by atoms with Crippen molar-refractivity contribution in [2.75, 3.05) is 25.1 Å². The Morgan fingerprint density at radius 2 is 2.07 bits per heavy atom. The molecule has 2 fully saturated rings. The molecule has 0 aliphatic carbocycles. The molecule has 2 bridgehead atoms. The van der Waals surface area contributed by atoms with E-state index in [2.05, 4.69) is 20.4 Å². The van der Waals surface area contributed by atoms with Crippen LogP contribution in [0.4, 0.5) is 18.9 Å². The Balaban J connectivity index is 1.32. The Labute approximate surface area is 165 Å². The molecule has 2 aliphatic heterocycles. The van der Waals surface area contributed by atoms with Crippen LogP contribution in [0, 0.1) is 0 Å². The molecule has 29 heavy (non-hydrogen) atoms. The van der Waals surface area contributed by atoms with Crippen LogP contribution >= 0.6 is 0 Å². The minimum atomic E-state index is -4.44. The average molecular weight is 407 g/mol. The van der Waals surface area contributed by atoms with Crippen LogP contribution < -0.4 is 15.4 Å². The molecule has 6 nitrogen and oxygen atoms in total. The fourth-order valence-electron chi connectivity index (χ4n) is 3.65. The molecule has 4 rings (SSSR count). The largest absolute Gasteiger partial charge is 0.468 e. The number of halogens is 3. The van der Waals surface area contributed by atoms with Crippen molar-refractivity contribution in [1.29, 1.82) is 0 Å². The SMILES string of the molecule is O=C(Nc1ccc(CC23CNC(CO2)C3)cc1)c1ccc(OCC(F)(F)F)nc1. The van der Waals surface area contributed by atoms with E-state index in [1.54, 1.807) is 0 Å². The normalized spacial score (nSPS) is 23.2. The van der Waals surface area contributed by atoms with Crippen molar-refractivity contribution in [2.45, 2.75) is 30.7 Å². The highest BCUT2D eigenvalue weighted by Gasteiger charge is 2.45. The van der Waals surface area contributed by atoms with Crippen LogP contribution in [0.15, 0.2) is 42.6 Å². The number of aromatic nitrogens is 1. The number of nitrogens with zero attached hydrogens (tertiary/aromatic N) is 1. The number of rotatable bonds is 6. The number of pyridine rings is 1. The summed E-state index contributed by atoms with van der Waals surface area (Å²) in [5.74, 6) is -0.603. The molecule has 154 valence electrons. The molecule has 1 amide bonds. The first kappa shape index (κ1) is 19.7. The van der Waals surface area contributed by atoms with Crippen molar-refractivity contribution in [3.05, 3.63) is 53.7 Å². The Hall–Kier alpha value is -2.65. The quantitative estimate of drug-likeness (QED) is 0.771. The van der Waals surface area contributed by atoms with Crippen LogP contribution in [0.1, 0.15) is 22.3 Å². The fourth-order valence-corrected chi connectivity index (χ4v) is 3.65. The van der Waals surface area contributed by atoms with Crippen LogP contribution in [0.2, 0.25) is 0 Å². The number of anilines is 1. The molecular weight excluding hydrogens is 387 g/mol. The van der Waals surface area contributed by atoms with Gasteiger partial charge in [0.2, 0.25) is 5.88 Å². The van der Waals surface area contributed by atoms with Gasteiger partial charge in [0, 0.05) is 37.0 Å². The van der Waals surface area contributed by atoms with Gasteiger partial charge in [0.15, 0.2) is 6.61 Å². The van der Waals surface area contributed by atoms with E-state index >= 15 is 0 Å². The molecular formula is C20H20F3N3O3. The molecule has 2 aliphatic rings. The van der Waals surface area contributed by atoms with E-state index in [0.717, 1.165) is 31.6 Å². The first-order valence-corrected chi connectivity index (χ1v) is 9.24. The van der Waals surface area contributed by atoms with Gasteiger partial charge in [-0.25, -0.2) is 4.98 Å². The first-order valence-electron chi connectivity index (χ1n) is 9.24. The topological polar surface area (TPSA) is 72.5 Å². The highest BCUT2D eigenvalue weighted by Crippen LogP contribution is 2.34. The Morgan fingerprint density at radius 1 is 1.28 bits per heavy atom. The maximum absolute atomic E-state index is 12.3. The number of benzene rings is 1. The third-order valence-corrected chi connectivity index (χ3v) is 5.04. The summed E-state index contributed by atoms with van der Waals surface area (Å²) < 4.78 is 46.9. The number of amides is 1. The monoisotopic (exact) mass is 407 g/mol. The van der Waals surface area contributed by atoms with E-state index in [1.807, 2.05) is 24.3 Å². The summed E-state index contributed by atoms with van der Waals surface area (Å²) in [7, 11) is 0. The van der Waals surface area contributed by atoms with Gasteiger partial charge in [0.1, 0.15) is 0 Å². The molecule has 2 atom stereocenters. The summed E-state index contributed by atoms with van der Waals surface area (Å²) in [5.41, 5.74) is 1.83. The molecule has 2 saturated heterocycles. The molecule has 1 aromatic heterocycles. The van der Waals surface area contributed by atoms with Crippen LogP contribution in [0.5, 0.6) is 5.88 Å². The lowest BCUT2D eigenvalue weighted by atomic mass is 9.93. The number of carbonyl (C=O) groups excluding carboxylic acids is 1. The lowest BCUT2D eigenvalue weighted by Crippen LogP contribution is -2.40. The number of nitrogens with one attached hydrogen (secondary N) is 2. The Kier molecular flexibility index (Phi) is 5.18. The van der Waals surface area contributed by atoms with Crippen molar-refractivity contribution in [3.63, 3.8) is 0 Å². The van der Waals surface area contributed by atoms with Crippen LogP contribution in [-0.4, -0.2) is 48.5 Å². The number of alkyl halides is 3. The van der Waals surface area contributed by atoms with Gasteiger partial charge in [-0.15, -0.1) is 0 Å². The predicted octanol–water partition coefficient (Wildman–Crippen LogP) is 2.95. The fraction of sp³-hybridized carbons (Fsp3) is 0.400. The highest BCUT2D eigenvalue weighted by molar-refractivity contribution is 6.04. The van der Waals surface area contributed by atoms with Gasteiger partial charge in [0.25, 0.3) is 5.91 Å². The minimum absolute atomic E-state index is 0.128. The number of hydrogen-bond acceptors (Lipinski definition) is 5. The van der Waals surface area contributed by atoms with E-state index < -0.39 is 18.7 Å². The van der Waals surface area contributed by atoms with Gasteiger partial charge in [-0.3, -0.25) is 4.79 Å². The lowest BCUT2D eigenvalue weighted by molar-refractivity contribution is -0.154. The molecule has 3 heterocycles. The third kappa shape index (κ3) is 4.86. The molecule has 9 heteroatoms. The predicted molar refractivity (Wildman–Crippen MR) is 99.0 cm³/mol.